The van der Waals surface area contributed by atoms with Crippen LogP contribution in [0.4, 0.5) is 18.3 Å². The highest BCUT2D eigenvalue weighted by atomic mass is 32.1. The van der Waals surface area contributed by atoms with Crippen molar-refractivity contribution in [3.63, 3.8) is 0 Å². The molecule has 2 aliphatic rings. The molecule has 1 aromatic heterocycles. The van der Waals surface area contributed by atoms with Crippen molar-refractivity contribution in [2.45, 2.75) is 50.6 Å². The van der Waals surface area contributed by atoms with Crippen molar-refractivity contribution in [2.24, 2.45) is 11.8 Å². The number of hydrogen-bond donors (Lipinski definition) is 2. The molecular weight excluding hydrogens is 339 g/mol. The Kier molecular flexibility index (Phi) is 5.44. The van der Waals surface area contributed by atoms with Crippen LogP contribution in [-0.4, -0.2) is 30.2 Å². The highest BCUT2D eigenvalue weighted by Gasteiger charge is 2.43. The molecule has 2 fully saturated rings. The van der Waals surface area contributed by atoms with Crippen LogP contribution in [0.5, 0.6) is 0 Å². The maximum absolute atomic E-state index is 12.9. The van der Waals surface area contributed by atoms with Gasteiger partial charge in [-0.25, -0.2) is 4.98 Å². The third-order valence-corrected chi connectivity index (χ3v) is 6.08. The molecule has 24 heavy (non-hydrogen) atoms. The second-order valence-corrected chi connectivity index (χ2v) is 7.75. The Morgan fingerprint density at radius 2 is 2.00 bits per heavy atom. The molecule has 1 aliphatic carbocycles. The minimum Gasteiger partial charge on any atom is -0.317 e. The van der Waals surface area contributed by atoms with Gasteiger partial charge in [0.25, 0.3) is 0 Å². The molecule has 2 unspecified atom stereocenters. The molecule has 1 saturated heterocycles. The van der Waals surface area contributed by atoms with Crippen LogP contribution in [0.25, 0.3) is 0 Å². The number of rotatable bonds is 3. The molecule has 1 saturated carbocycles. The predicted molar refractivity (Wildman–Crippen MR) is 87.1 cm³/mol. The Balaban J connectivity index is 1.57. The third kappa shape index (κ3) is 4.27. The summed E-state index contributed by atoms with van der Waals surface area (Å²) in [6.07, 6.45) is 0.659. The zero-order valence-corrected chi connectivity index (χ0v) is 14.2. The second kappa shape index (κ2) is 7.39. The largest absolute Gasteiger partial charge is 0.391 e. The van der Waals surface area contributed by atoms with Crippen LogP contribution in [0, 0.1) is 11.8 Å². The maximum Gasteiger partial charge on any atom is 0.391 e. The van der Waals surface area contributed by atoms with Gasteiger partial charge in [0.2, 0.25) is 5.91 Å². The van der Waals surface area contributed by atoms with Crippen LogP contribution in [0.3, 0.4) is 0 Å². The molecule has 1 amide bonds. The Morgan fingerprint density at radius 3 is 2.71 bits per heavy atom. The van der Waals surface area contributed by atoms with Gasteiger partial charge in [-0.2, -0.15) is 13.2 Å². The monoisotopic (exact) mass is 361 g/mol. The maximum atomic E-state index is 12.9. The number of piperidine rings is 1. The minimum absolute atomic E-state index is 0.109. The summed E-state index contributed by atoms with van der Waals surface area (Å²) in [4.78, 5) is 17.7. The first kappa shape index (κ1) is 17.7. The number of carbonyl (C=O) groups excluding carboxylic acids is 1. The van der Waals surface area contributed by atoms with Gasteiger partial charge in [0.05, 0.1) is 5.92 Å². The number of anilines is 1. The average molecular weight is 361 g/mol. The topological polar surface area (TPSA) is 54.0 Å². The minimum atomic E-state index is -4.21. The second-order valence-electron chi connectivity index (χ2n) is 6.68. The van der Waals surface area contributed by atoms with Gasteiger partial charge in [-0.05, 0) is 51.1 Å². The van der Waals surface area contributed by atoms with Crippen LogP contribution in [0.1, 0.15) is 49.3 Å². The van der Waals surface area contributed by atoms with Crippen molar-refractivity contribution >= 4 is 22.4 Å². The first-order valence-corrected chi connectivity index (χ1v) is 9.29. The molecule has 3 rings (SSSR count). The molecule has 0 spiro atoms. The first-order chi connectivity index (χ1) is 11.4. The first-order valence-electron chi connectivity index (χ1n) is 8.47. The van der Waals surface area contributed by atoms with Gasteiger partial charge in [0, 0.05) is 17.0 Å². The summed E-state index contributed by atoms with van der Waals surface area (Å²) in [6, 6.07) is 0. The molecular formula is C16H22F3N3OS. The highest BCUT2D eigenvalue weighted by molar-refractivity contribution is 7.15. The van der Waals surface area contributed by atoms with E-state index in [1.54, 1.807) is 6.20 Å². The summed E-state index contributed by atoms with van der Waals surface area (Å²) >= 11 is 1.45. The fourth-order valence-corrected chi connectivity index (χ4v) is 4.56. The number of halogens is 3. The van der Waals surface area contributed by atoms with E-state index < -0.39 is 18.0 Å². The highest BCUT2D eigenvalue weighted by Crippen LogP contribution is 2.40. The Labute approximate surface area is 143 Å². The number of aromatic nitrogens is 1. The molecule has 4 nitrogen and oxygen atoms in total. The molecule has 2 heterocycles. The molecule has 134 valence electrons. The van der Waals surface area contributed by atoms with E-state index in [9.17, 15) is 18.0 Å². The molecule has 2 atom stereocenters. The third-order valence-electron chi connectivity index (χ3n) is 5.00. The van der Waals surface area contributed by atoms with E-state index in [-0.39, 0.29) is 18.7 Å². The molecule has 0 radical (unpaired) electrons. The van der Waals surface area contributed by atoms with Gasteiger partial charge in [-0.1, -0.05) is 6.42 Å². The van der Waals surface area contributed by atoms with Crippen molar-refractivity contribution < 1.29 is 18.0 Å². The summed E-state index contributed by atoms with van der Waals surface area (Å²) in [5.41, 5.74) is 0. The van der Waals surface area contributed by atoms with Crippen molar-refractivity contribution in [2.75, 3.05) is 18.4 Å². The molecule has 0 aromatic carbocycles. The quantitative estimate of drug-likeness (QED) is 0.858. The van der Waals surface area contributed by atoms with Crippen molar-refractivity contribution in [1.82, 2.24) is 10.3 Å². The van der Waals surface area contributed by atoms with Gasteiger partial charge in [0.1, 0.15) is 0 Å². The van der Waals surface area contributed by atoms with Crippen LogP contribution in [0.15, 0.2) is 6.20 Å². The lowest BCUT2D eigenvalue weighted by Crippen LogP contribution is -2.34. The van der Waals surface area contributed by atoms with E-state index >= 15 is 0 Å². The summed E-state index contributed by atoms with van der Waals surface area (Å²) < 4.78 is 38.6. The predicted octanol–water partition coefficient (Wildman–Crippen LogP) is 3.92. The Bertz CT molecular complexity index is 569. The van der Waals surface area contributed by atoms with Crippen LogP contribution in [0.2, 0.25) is 0 Å². The van der Waals surface area contributed by atoms with E-state index in [1.165, 1.54) is 11.3 Å². The lowest BCUT2D eigenvalue weighted by Gasteiger charge is -2.29. The Morgan fingerprint density at radius 1 is 1.25 bits per heavy atom. The Hall–Kier alpha value is -1.15. The summed E-state index contributed by atoms with van der Waals surface area (Å²) in [6.45, 7) is 1.95. The number of hydrogen-bond acceptors (Lipinski definition) is 4. The van der Waals surface area contributed by atoms with E-state index in [1.807, 2.05) is 0 Å². The number of alkyl halides is 3. The average Bonchev–Trinajstić information content (AvgIpc) is 3.03. The summed E-state index contributed by atoms with van der Waals surface area (Å²) in [5, 5.41) is 6.54. The van der Waals surface area contributed by atoms with Crippen molar-refractivity contribution in [3.8, 4) is 0 Å². The zero-order valence-electron chi connectivity index (χ0n) is 13.4. The smallest absolute Gasteiger partial charge is 0.317 e. The molecule has 8 heteroatoms. The number of carbonyl (C=O) groups is 1. The molecule has 0 bridgehead atoms. The van der Waals surface area contributed by atoms with E-state index in [0.29, 0.717) is 23.9 Å². The fourth-order valence-electron chi connectivity index (χ4n) is 3.57. The SMILES string of the molecule is O=C(Nc1ncc(C2CCNCC2)s1)C1CCCC(C(F)(F)F)C1. The van der Waals surface area contributed by atoms with E-state index in [2.05, 4.69) is 15.6 Å². The lowest BCUT2D eigenvalue weighted by molar-refractivity contribution is -0.185. The van der Waals surface area contributed by atoms with Gasteiger partial charge >= 0.3 is 6.18 Å². The van der Waals surface area contributed by atoms with Gasteiger partial charge in [0.15, 0.2) is 5.13 Å². The molecule has 1 aliphatic heterocycles. The molecule has 2 N–H and O–H groups in total. The van der Waals surface area contributed by atoms with Gasteiger partial charge < -0.3 is 10.6 Å². The van der Waals surface area contributed by atoms with Crippen LogP contribution < -0.4 is 10.6 Å². The normalized spacial score (nSPS) is 26.3. The number of nitrogens with one attached hydrogen (secondary N) is 2. The zero-order chi connectivity index (χ0) is 17.2. The number of thiazole rings is 1. The van der Waals surface area contributed by atoms with Gasteiger partial charge in [-0.15, -0.1) is 11.3 Å². The van der Waals surface area contributed by atoms with E-state index in [4.69, 9.17) is 0 Å². The van der Waals surface area contributed by atoms with Gasteiger partial charge in [-0.3, -0.25) is 4.79 Å². The summed E-state index contributed by atoms with van der Waals surface area (Å²) in [5.74, 6) is -1.80. The number of amides is 1. The van der Waals surface area contributed by atoms with E-state index in [0.717, 1.165) is 30.8 Å². The summed E-state index contributed by atoms with van der Waals surface area (Å²) in [7, 11) is 0. The van der Waals surface area contributed by atoms with Crippen molar-refractivity contribution in [3.05, 3.63) is 11.1 Å². The number of nitrogens with zero attached hydrogens (tertiary/aromatic N) is 1. The lowest BCUT2D eigenvalue weighted by atomic mass is 9.80. The van der Waals surface area contributed by atoms with Crippen LogP contribution in [-0.2, 0) is 4.79 Å². The molecule has 1 aromatic rings. The standard InChI is InChI=1S/C16H22F3N3OS/c17-16(18,19)12-3-1-2-11(8-12)14(23)22-15-21-9-13(24-15)10-4-6-20-7-5-10/h9-12,20H,1-8H2,(H,21,22,23). The van der Waals surface area contributed by atoms with Crippen LogP contribution >= 0.6 is 11.3 Å². The fraction of sp³-hybridized carbons (Fsp3) is 0.750. The van der Waals surface area contributed by atoms with Crippen molar-refractivity contribution in [1.29, 1.82) is 0 Å².